The first-order valence-electron chi connectivity index (χ1n) is 6.12. The summed E-state index contributed by atoms with van der Waals surface area (Å²) in [6.45, 7) is 0. The van der Waals surface area contributed by atoms with Crippen molar-refractivity contribution in [3.05, 3.63) is 53.6 Å². The van der Waals surface area contributed by atoms with E-state index < -0.39 is 0 Å². The molecule has 0 aliphatic heterocycles. The maximum Gasteiger partial charge on any atom is 0.226 e. The van der Waals surface area contributed by atoms with Crippen molar-refractivity contribution in [1.82, 2.24) is 15.0 Å². The number of anilines is 1. The summed E-state index contributed by atoms with van der Waals surface area (Å²) in [5.74, 6) is 1.56. The second-order valence-electron chi connectivity index (χ2n) is 4.19. The van der Waals surface area contributed by atoms with Gasteiger partial charge in [-0.25, -0.2) is 15.0 Å². The summed E-state index contributed by atoms with van der Waals surface area (Å²) >= 11 is 7.42. The molecule has 0 spiro atoms. The standard InChI is InChI=1S/C14H11ClN4OS/c15-10-3-1-2-9(6-10)13-19-11(7-20-13)8-21-14-12(16)17-4-5-18-14/h1-7H,8H2,(H2,16,17). The first-order chi connectivity index (χ1) is 10.2. The number of benzene rings is 1. The number of rotatable bonds is 4. The van der Waals surface area contributed by atoms with Crippen LogP contribution < -0.4 is 5.73 Å². The van der Waals surface area contributed by atoms with Crippen LogP contribution in [0.15, 0.2) is 52.4 Å². The monoisotopic (exact) mass is 318 g/mol. The molecular weight excluding hydrogens is 308 g/mol. The van der Waals surface area contributed by atoms with Crippen molar-refractivity contribution in [2.45, 2.75) is 10.8 Å². The van der Waals surface area contributed by atoms with E-state index in [9.17, 15) is 0 Å². The minimum Gasteiger partial charge on any atom is -0.444 e. The van der Waals surface area contributed by atoms with Gasteiger partial charge in [-0.3, -0.25) is 0 Å². The number of oxazole rings is 1. The average molecular weight is 319 g/mol. The highest BCUT2D eigenvalue weighted by Gasteiger charge is 2.09. The van der Waals surface area contributed by atoms with E-state index in [1.807, 2.05) is 24.3 Å². The number of halogens is 1. The molecular formula is C14H11ClN4OS. The molecule has 1 aromatic carbocycles. The van der Waals surface area contributed by atoms with Crippen LogP contribution >= 0.6 is 23.4 Å². The Bertz CT molecular complexity index is 762. The fraction of sp³-hybridized carbons (Fsp3) is 0.0714. The van der Waals surface area contributed by atoms with E-state index in [1.165, 1.54) is 11.8 Å². The Hall–Kier alpha value is -2.05. The molecule has 2 aromatic heterocycles. The van der Waals surface area contributed by atoms with Crippen molar-refractivity contribution in [3.63, 3.8) is 0 Å². The summed E-state index contributed by atoms with van der Waals surface area (Å²) in [5.41, 5.74) is 7.40. The molecule has 0 bridgehead atoms. The van der Waals surface area contributed by atoms with Crippen molar-refractivity contribution in [3.8, 4) is 11.5 Å². The molecule has 3 aromatic rings. The van der Waals surface area contributed by atoms with Gasteiger partial charge < -0.3 is 10.2 Å². The highest BCUT2D eigenvalue weighted by Crippen LogP contribution is 2.26. The fourth-order valence-electron chi connectivity index (χ4n) is 1.72. The van der Waals surface area contributed by atoms with Gasteiger partial charge in [-0.15, -0.1) is 0 Å². The average Bonchev–Trinajstić information content (AvgIpc) is 2.95. The minimum atomic E-state index is 0.418. The number of hydrogen-bond donors (Lipinski definition) is 1. The lowest BCUT2D eigenvalue weighted by Gasteiger charge is -2.00. The summed E-state index contributed by atoms with van der Waals surface area (Å²) in [6.07, 6.45) is 4.79. The number of thioether (sulfide) groups is 1. The molecule has 2 N–H and O–H groups in total. The molecule has 2 heterocycles. The molecule has 0 fully saturated rings. The van der Waals surface area contributed by atoms with Gasteiger partial charge in [-0.1, -0.05) is 29.4 Å². The lowest BCUT2D eigenvalue weighted by molar-refractivity contribution is 0.573. The highest BCUT2D eigenvalue weighted by molar-refractivity contribution is 7.98. The first-order valence-corrected chi connectivity index (χ1v) is 7.48. The van der Waals surface area contributed by atoms with E-state index in [4.69, 9.17) is 21.8 Å². The lowest BCUT2D eigenvalue weighted by Crippen LogP contribution is -1.95. The number of hydrogen-bond acceptors (Lipinski definition) is 6. The predicted molar refractivity (Wildman–Crippen MR) is 83.0 cm³/mol. The molecule has 0 radical (unpaired) electrons. The van der Waals surface area contributed by atoms with Crippen molar-refractivity contribution >= 4 is 29.2 Å². The van der Waals surface area contributed by atoms with Gasteiger partial charge in [0.1, 0.15) is 11.3 Å². The van der Waals surface area contributed by atoms with Crippen LogP contribution in [0.1, 0.15) is 5.69 Å². The Labute approximate surface area is 130 Å². The zero-order valence-corrected chi connectivity index (χ0v) is 12.4. The van der Waals surface area contributed by atoms with E-state index in [0.29, 0.717) is 27.5 Å². The summed E-state index contributed by atoms with van der Waals surface area (Å²) in [5, 5.41) is 1.33. The largest absolute Gasteiger partial charge is 0.444 e. The zero-order valence-electron chi connectivity index (χ0n) is 10.9. The maximum absolute atomic E-state index is 5.96. The van der Waals surface area contributed by atoms with Gasteiger partial charge in [0.2, 0.25) is 5.89 Å². The smallest absolute Gasteiger partial charge is 0.226 e. The SMILES string of the molecule is Nc1nccnc1SCc1coc(-c2cccc(Cl)c2)n1. The topological polar surface area (TPSA) is 77.8 Å². The molecule has 106 valence electrons. The van der Waals surface area contributed by atoms with Gasteiger partial charge in [0.05, 0.1) is 5.69 Å². The molecule has 0 aliphatic rings. The van der Waals surface area contributed by atoms with Gasteiger partial charge in [0.15, 0.2) is 5.82 Å². The Balaban J connectivity index is 1.72. The molecule has 21 heavy (non-hydrogen) atoms. The molecule has 0 atom stereocenters. The summed E-state index contributed by atoms with van der Waals surface area (Å²) in [6, 6.07) is 7.37. The molecule has 0 saturated carbocycles. The zero-order chi connectivity index (χ0) is 14.7. The van der Waals surface area contributed by atoms with Crippen LogP contribution in [-0.4, -0.2) is 15.0 Å². The van der Waals surface area contributed by atoms with E-state index in [-0.39, 0.29) is 0 Å². The fourth-order valence-corrected chi connectivity index (χ4v) is 2.66. The van der Waals surface area contributed by atoms with Crippen LogP contribution in [0.4, 0.5) is 5.82 Å². The molecule has 5 nitrogen and oxygen atoms in total. The molecule has 0 aliphatic carbocycles. The van der Waals surface area contributed by atoms with Gasteiger partial charge in [-0.05, 0) is 18.2 Å². The predicted octanol–water partition coefficient (Wildman–Crippen LogP) is 3.66. The Morgan fingerprint density at radius 3 is 2.90 bits per heavy atom. The minimum absolute atomic E-state index is 0.418. The van der Waals surface area contributed by atoms with Gasteiger partial charge in [0.25, 0.3) is 0 Å². The van der Waals surface area contributed by atoms with E-state index >= 15 is 0 Å². The highest BCUT2D eigenvalue weighted by atomic mass is 35.5. The van der Waals surface area contributed by atoms with Crippen LogP contribution in [0.5, 0.6) is 0 Å². The van der Waals surface area contributed by atoms with Crippen molar-refractivity contribution in [2.24, 2.45) is 0 Å². The van der Waals surface area contributed by atoms with Crippen LogP contribution in [0, 0.1) is 0 Å². The number of aromatic nitrogens is 3. The molecule has 0 saturated heterocycles. The van der Waals surface area contributed by atoms with Crippen LogP contribution in [-0.2, 0) is 5.75 Å². The van der Waals surface area contributed by atoms with Gasteiger partial charge >= 0.3 is 0 Å². The van der Waals surface area contributed by atoms with Crippen molar-refractivity contribution in [2.75, 3.05) is 5.73 Å². The molecule has 0 amide bonds. The normalized spacial score (nSPS) is 10.7. The molecule has 0 unspecified atom stereocenters. The third-order valence-electron chi connectivity index (χ3n) is 2.67. The molecule has 7 heteroatoms. The van der Waals surface area contributed by atoms with Crippen LogP contribution in [0.2, 0.25) is 5.02 Å². The third kappa shape index (κ3) is 3.34. The summed E-state index contributed by atoms with van der Waals surface area (Å²) in [7, 11) is 0. The van der Waals surface area contributed by atoms with Crippen LogP contribution in [0.25, 0.3) is 11.5 Å². The number of nitrogen functional groups attached to an aromatic ring is 1. The van der Waals surface area contributed by atoms with Crippen molar-refractivity contribution in [1.29, 1.82) is 0 Å². The second-order valence-corrected chi connectivity index (χ2v) is 5.59. The maximum atomic E-state index is 5.96. The van der Waals surface area contributed by atoms with E-state index in [2.05, 4.69) is 15.0 Å². The first kappa shape index (κ1) is 13.9. The third-order valence-corrected chi connectivity index (χ3v) is 3.93. The van der Waals surface area contributed by atoms with E-state index in [0.717, 1.165) is 11.3 Å². The number of nitrogens with two attached hydrogens (primary N) is 1. The Morgan fingerprint density at radius 2 is 2.10 bits per heavy atom. The molecule has 3 rings (SSSR count). The van der Waals surface area contributed by atoms with Gasteiger partial charge in [-0.2, -0.15) is 0 Å². The summed E-state index contributed by atoms with van der Waals surface area (Å²) < 4.78 is 5.47. The van der Waals surface area contributed by atoms with Gasteiger partial charge in [0, 0.05) is 28.7 Å². The Morgan fingerprint density at radius 1 is 1.24 bits per heavy atom. The summed E-state index contributed by atoms with van der Waals surface area (Å²) in [4.78, 5) is 12.6. The lowest BCUT2D eigenvalue weighted by atomic mass is 10.2. The number of nitrogens with zero attached hydrogens (tertiary/aromatic N) is 3. The van der Waals surface area contributed by atoms with Crippen LogP contribution in [0.3, 0.4) is 0 Å². The van der Waals surface area contributed by atoms with E-state index in [1.54, 1.807) is 18.7 Å². The quantitative estimate of drug-likeness (QED) is 0.740. The van der Waals surface area contributed by atoms with Crippen molar-refractivity contribution < 1.29 is 4.42 Å². The Kier molecular flexibility index (Phi) is 4.08. The second kappa shape index (κ2) is 6.15.